The first kappa shape index (κ1) is 12.4. The Bertz CT molecular complexity index is 379. The quantitative estimate of drug-likeness (QED) is 0.578. The molecule has 6 heteroatoms. The van der Waals surface area contributed by atoms with Crippen LogP contribution in [0.2, 0.25) is 0 Å². The predicted molar refractivity (Wildman–Crippen MR) is 56.3 cm³/mol. The van der Waals surface area contributed by atoms with Gasteiger partial charge in [0.05, 0.1) is 24.2 Å². The van der Waals surface area contributed by atoms with E-state index in [1.807, 2.05) is 0 Å². The maximum atomic E-state index is 10.5. The van der Waals surface area contributed by atoms with E-state index < -0.39 is 11.0 Å². The lowest BCUT2D eigenvalue weighted by atomic mass is 10.1. The zero-order valence-corrected chi connectivity index (χ0v) is 8.79. The van der Waals surface area contributed by atoms with Gasteiger partial charge in [0.25, 0.3) is 5.69 Å². The molecule has 0 spiro atoms. The van der Waals surface area contributed by atoms with Crippen LogP contribution in [0.25, 0.3) is 0 Å². The number of methoxy groups -OCH3 is 1. The van der Waals surface area contributed by atoms with E-state index in [1.165, 1.54) is 25.3 Å². The Hall–Kier alpha value is -1.66. The smallest absolute Gasteiger partial charge is 0.273 e. The molecule has 0 saturated heterocycles. The van der Waals surface area contributed by atoms with E-state index >= 15 is 0 Å². The van der Waals surface area contributed by atoms with Crippen LogP contribution in [0.15, 0.2) is 18.2 Å². The molecule has 1 atom stereocenters. The van der Waals surface area contributed by atoms with E-state index in [4.69, 9.17) is 9.84 Å². The van der Waals surface area contributed by atoms with Gasteiger partial charge in [-0.15, -0.1) is 0 Å². The van der Waals surface area contributed by atoms with E-state index in [1.54, 1.807) is 0 Å². The van der Waals surface area contributed by atoms with Crippen LogP contribution in [0.5, 0.6) is 5.75 Å². The highest BCUT2D eigenvalue weighted by Crippen LogP contribution is 2.30. The fraction of sp³-hybridized carbons (Fsp3) is 0.400. The SMILES string of the molecule is COc1cc([N+](=O)[O-])ccc1[C@H](O)CCO. The van der Waals surface area contributed by atoms with Crippen LogP contribution in [0.4, 0.5) is 5.69 Å². The first-order valence-corrected chi connectivity index (χ1v) is 4.71. The molecule has 16 heavy (non-hydrogen) atoms. The van der Waals surface area contributed by atoms with E-state index in [0.717, 1.165) is 0 Å². The summed E-state index contributed by atoms with van der Waals surface area (Å²) in [6.07, 6.45) is -0.727. The molecule has 0 fully saturated rings. The lowest BCUT2D eigenvalue weighted by molar-refractivity contribution is -0.385. The number of benzene rings is 1. The van der Waals surface area contributed by atoms with Crippen molar-refractivity contribution in [3.63, 3.8) is 0 Å². The molecule has 0 saturated carbocycles. The molecule has 0 aliphatic rings. The normalized spacial score (nSPS) is 12.2. The van der Waals surface area contributed by atoms with Crippen molar-refractivity contribution in [2.24, 2.45) is 0 Å². The van der Waals surface area contributed by atoms with E-state index in [2.05, 4.69) is 0 Å². The third kappa shape index (κ3) is 2.68. The van der Waals surface area contributed by atoms with Crippen LogP contribution in [0, 0.1) is 10.1 Å². The molecule has 0 heterocycles. The summed E-state index contributed by atoms with van der Waals surface area (Å²) in [4.78, 5) is 9.99. The van der Waals surface area contributed by atoms with Crippen molar-refractivity contribution >= 4 is 5.69 Å². The van der Waals surface area contributed by atoms with Crippen molar-refractivity contribution < 1.29 is 19.9 Å². The third-order valence-electron chi connectivity index (χ3n) is 2.19. The highest BCUT2D eigenvalue weighted by Gasteiger charge is 2.16. The number of hydrogen-bond acceptors (Lipinski definition) is 5. The second kappa shape index (κ2) is 5.43. The molecule has 2 N–H and O–H groups in total. The van der Waals surface area contributed by atoms with Crippen molar-refractivity contribution in [3.05, 3.63) is 33.9 Å². The molecular weight excluding hydrogens is 214 g/mol. The molecule has 0 bridgehead atoms. The number of aliphatic hydroxyl groups is 2. The summed E-state index contributed by atoms with van der Waals surface area (Å²) in [6.45, 7) is -0.165. The minimum Gasteiger partial charge on any atom is -0.496 e. The second-order valence-electron chi connectivity index (χ2n) is 3.21. The molecule has 0 aliphatic carbocycles. The Kier molecular flexibility index (Phi) is 4.21. The first-order chi connectivity index (χ1) is 7.60. The van der Waals surface area contributed by atoms with E-state index in [-0.39, 0.29) is 24.5 Å². The predicted octanol–water partition coefficient (Wildman–Crippen LogP) is 1.02. The topological polar surface area (TPSA) is 92.8 Å². The summed E-state index contributed by atoms with van der Waals surface area (Å²) in [7, 11) is 1.37. The first-order valence-electron chi connectivity index (χ1n) is 4.71. The van der Waals surface area contributed by atoms with Gasteiger partial charge in [-0.1, -0.05) is 0 Å². The highest BCUT2D eigenvalue weighted by atomic mass is 16.6. The van der Waals surface area contributed by atoms with Crippen molar-refractivity contribution in [2.45, 2.75) is 12.5 Å². The van der Waals surface area contributed by atoms with Crippen LogP contribution in [0.3, 0.4) is 0 Å². The van der Waals surface area contributed by atoms with Gasteiger partial charge in [0, 0.05) is 24.7 Å². The van der Waals surface area contributed by atoms with Gasteiger partial charge in [-0.05, 0) is 6.07 Å². The Morgan fingerprint density at radius 2 is 2.25 bits per heavy atom. The summed E-state index contributed by atoms with van der Waals surface area (Å²) >= 11 is 0. The number of nitro groups is 1. The lowest BCUT2D eigenvalue weighted by Gasteiger charge is -2.13. The molecule has 0 amide bonds. The Balaban J connectivity index is 3.06. The fourth-order valence-electron chi connectivity index (χ4n) is 1.37. The summed E-state index contributed by atoms with van der Waals surface area (Å²) in [6, 6.07) is 3.96. The minimum absolute atomic E-state index is 0.100. The molecule has 1 rings (SSSR count). The van der Waals surface area contributed by atoms with Gasteiger partial charge in [0.2, 0.25) is 0 Å². The summed E-state index contributed by atoms with van der Waals surface area (Å²) in [5.41, 5.74) is 0.332. The number of rotatable bonds is 5. The average molecular weight is 227 g/mol. The summed E-state index contributed by atoms with van der Waals surface area (Å²) in [5, 5.41) is 28.9. The molecule has 1 aromatic carbocycles. The van der Waals surface area contributed by atoms with Crippen LogP contribution in [0.1, 0.15) is 18.1 Å². The zero-order chi connectivity index (χ0) is 12.1. The number of ether oxygens (including phenoxy) is 1. The van der Waals surface area contributed by atoms with Crippen molar-refractivity contribution in [2.75, 3.05) is 13.7 Å². The van der Waals surface area contributed by atoms with Crippen LogP contribution >= 0.6 is 0 Å². The molecule has 88 valence electrons. The average Bonchev–Trinajstić information content (AvgIpc) is 2.28. The van der Waals surface area contributed by atoms with Gasteiger partial charge in [0.15, 0.2) is 0 Å². The minimum atomic E-state index is -0.888. The Morgan fingerprint density at radius 3 is 2.75 bits per heavy atom. The fourth-order valence-corrected chi connectivity index (χ4v) is 1.37. The number of non-ortho nitro benzene ring substituents is 1. The molecule has 1 aromatic rings. The number of aliphatic hydroxyl groups excluding tert-OH is 2. The summed E-state index contributed by atoms with van der Waals surface area (Å²) in [5.74, 6) is 0.246. The molecule has 0 unspecified atom stereocenters. The number of hydrogen-bond donors (Lipinski definition) is 2. The lowest BCUT2D eigenvalue weighted by Crippen LogP contribution is -2.03. The van der Waals surface area contributed by atoms with Crippen molar-refractivity contribution in [1.29, 1.82) is 0 Å². The highest BCUT2D eigenvalue weighted by molar-refractivity contribution is 5.45. The third-order valence-corrected chi connectivity index (χ3v) is 2.19. The van der Waals surface area contributed by atoms with Gasteiger partial charge in [-0.2, -0.15) is 0 Å². The van der Waals surface area contributed by atoms with Gasteiger partial charge < -0.3 is 14.9 Å². The van der Waals surface area contributed by atoms with Crippen molar-refractivity contribution in [1.82, 2.24) is 0 Å². The van der Waals surface area contributed by atoms with Gasteiger partial charge in [0.1, 0.15) is 5.75 Å². The van der Waals surface area contributed by atoms with Gasteiger partial charge >= 0.3 is 0 Å². The summed E-state index contributed by atoms with van der Waals surface area (Å²) < 4.78 is 4.96. The number of nitro benzene ring substituents is 1. The molecular formula is C10H13NO5. The van der Waals surface area contributed by atoms with Crippen LogP contribution in [-0.2, 0) is 0 Å². The molecule has 0 aromatic heterocycles. The maximum absolute atomic E-state index is 10.5. The number of nitrogens with zero attached hydrogens (tertiary/aromatic N) is 1. The molecule has 6 nitrogen and oxygen atoms in total. The van der Waals surface area contributed by atoms with Gasteiger partial charge in [-0.25, -0.2) is 0 Å². The van der Waals surface area contributed by atoms with Gasteiger partial charge in [-0.3, -0.25) is 10.1 Å². The zero-order valence-electron chi connectivity index (χ0n) is 8.79. The van der Waals surface area contributed by atoms with E-state index in [9.17, 15) is 15.2 Å². The second-order valence-corrected chi connectivity index (χ2v) is 3.21. The van der Waals surface area contributed by atoms with Crippen LogP contribution < -0.4 is 4.74 Å². The largest absolute Gasteiger partial charge is 0.496 e. The molecule has 0 aliphatic heterocycles. The Morgan fingerprint density at radius 1 is 1.56 bits per heavy atom. The molecule has 0 radical (unpaired) electrons. The maximum Gasteiger partial charge on any atom is 0.273 e. The standard InChI is InChI=1S/C10H13NO5/c1-16-10-6-7(11(14)15)2-3-8(10)9(13)4-5-12/h2-3,6,9,12-13H,4-5H2,1H3/t9-/m1/s1. The van der Waals surface area contributed by atoms with E-state index in [0.29, 0.717) is 5.56 Å². The monoisotopic (exact) mass is 227 g/mol. The van der Waals surface area contributed by atoms with Crippen molar-refractivity contribution in [3.8, 4) is 5.75 Å². The van der Waals surface area contributed by atoms with Crippen LogP contribution in [-0.4, -0.2) is 28.9 Å². The Labute approximate surface area is 92.2 Å².